The second-order valence-electron chi connectivity index (χ2n) is 3.32. The molecule has 1 unspecified atom stereocenters. The summed E-state index contributed by atoms with van der Waals surface area (Å²) >= 11 is 0. The summed E-state index contributed by atoms with van der Waals surface area (Å²) in [6.07, 6.45) is -0.122. The largest absolute Gasteiger partial charge is 0.508 e. The van der Waals surface area contributed by atoms with Crippen molar-refractivity contribution in [1.29, 1.82) is 0 Å². The Kier molecular flexibility index (Phi) is 2.21. The maximum Gasteiger partial charge on any atom is 0.168 e. The number of phenols is 1. The highest BCUT2D eigenvalue weighted by atomic mass is 16.6. The third-order valence-corrected chi connectivity index (χ3v) is 2.31. The lowest BCUT2D eigenvalue weighted by Crippen LogP contribution is -2.35. The first-order valence-electron chi connectivity index (χ1n) is 4.54. The average molecular weight is 195 g/mol. The number of rotatable bonds is 1. The van der Waals surface area contributed by atoms with E-state index < -0.39 is 0 Å². The molecule has 4 nitrogen and oxygen atoms in total. The quantitative estimate of drug-likeness (QED) is 0.695. The molecule has 0 radical (unpaired) electrons. The van der Waals surface area contributed by atoms with Crippen molar-refractivity contribution in [2.24, 2.45) is 5.73 Å². The lowest BCUT2D eigenvalue weighted by atomic mass is 10.1. The molecule has 1 aliphatic rings. The van der Waals surface area contributed by atoms with Gasteiger partial charge in [-0.2, -0.15) is 0 Å². The number of ether oxygens (including phenoxy) is 2. The molecule has 0 saturated carbocycles. The number of nitrogens with two attached hydrogens (primary N) is 1. The van der Waals surface area contributed by atoms with E-state index in [0.29, 0.717) is 30.2 Å². The molecular formula is C10H13NO3. The molecular weight excluding hydrogens is 182 g/mol. The molecule has 0 aliphatic carbocycles. The van der Waals surface area contributed by atoms with Gasteiger partial charge in [0.15, 0.2) is 11.5 Å². The maximum atomic E-state index is 9.47. The van der Waals surface area contributed by atoms with Crippen molar-refractivity contribution in [3.63, 3.8) is 0 Å². The first-order chi connectivity index (χ1) is 6.72. The van der Waals surface area contributed by atoms with Crippen LogP contribution < -0.4 is 15.2 Å². The summed E-state index contributed by atoms with van der Waals surface area (Å²) in [7, 11) is 0. The molecule has 1 aromatic carbocycles. The van der Waals surface area contributed by atoms with E-state index in [0.717, 1.165) is 0 Å². The van der Waals surface area contributed by atoms with Crippen molar-refractivity contribution in [2.75, 3.05) is 13.2 Å². The minimum Gasteiger partial charge on any atom is -0.508 e. The Labute approximate surface area is 82.2 Å². The molecule has 0 bridgehead atoms. The summed E-state index contributed by atoms with van der Waals surface area (Å²) in [5, 5.41) is 9.47. The van der Waals surface area contributed by atoms with Crippen LogP contribution in [0, 0.1) is 6.92 Å². The number of fused-ring (bicyclic) bond motifs is 1. The second-order valence-corrected chi connectivity index (χ2v) is 3.32. The van der Waals surface area contributed by atoms with Gasteiger partial charge < -0.3 is 20.3 Å². The number of phenolic OH excluding ortho intramolecular Hbond substituents is 1. The molecule has 14 heavy (non-hydrogen) atoms. The van der Waals surface area contributed by atoms with Gasteiger partial charge in [-0.1, -0.05) is 0 Å². The van der Waals surface area contributed by atoms with Crippen LogP contribution in [0.4, 0.5) is 0 Å². The second kappa shape index (κ2) is 3.38. The summed E-state index contributed by atoms with van der Waals surface area (Å²) < 4.78 is 11.0. The Bertz CT molecular complexity index is 351. The van der Waals surface area contributed by atoms with E-state index in [4.69, 9.17) is 15.2 Å². The molecule has 2 rings (SSSR count). The van der Waals surface area contributed by atoms with Gasteiger partial charge in [-0.05, 0) is 19.1 Å². The van der Waals surface area contributed by atoms with Gasteiger partial charge in [0, 0.05) is 12.1 Å². The highest BCUT2D eigenvalue weighted by Crippen LogP contribution is 2.38. The molecule has 3 N–H and O–H groups in total. The minimum atomic E-state index is -0.122. The zero-order valence-corrected chi connectivity index (χ0v) is 7.99. The Hall–Kier alpha value is -1.42. The highest BCUT2D eigenvalue weighted by Gasteiger charge is 2.22. The number of hydrogen-bond donors (Lipinski definition) is 2. The van der Waals surface area contributed by atoms with E-state index in [2.05, 4.69) is 0 Å². The maximum absolute atomic E-state index is 9.47. The van der Waals surface area contributed by atoms with Gasteiger partial charge in [0.2, 0.25) is 0 Å². The predicted octanol–water partition coefficient (Wildman–Crippen LogP) is 0.799. The molecule has 4 heteroatoms. The molecule has 1 atom stereocenters. The van der Waals surface area contributed by atoms with Gasteiger partial charge in [0.25, 0.3) is 0 Å². The van der Waals surface area contributed by atoms with Crippen LogP contribution >= 0.6 is 0 Å². The molecule has 1 aliphatic heterocycles. The van der Waals surface area contributed by atoms with Crippen LogP contribution in [0.1, 0.15) is 5.56 Å². The summed E-state index contributed by atoms with van der Waals surface area (Å²) in [5.41, 5.74) is 6.18. The van der Waals surface area contributed by atoms with E-state index in [1.807, 2.05) is 0 Å². The van der Waals surface area contributed by atoms with E-state index in [-0.39, 0.29) is 11.9 Å². The molecule has 0 aromatic heterocycles. The topological polar surface area (TPSA) is 64.7 Å². The smallest absolute Gasteiger partial charge is 0.168 e. The molecule has 0 saturated heterocycles. The van der Waals surface area contributed by atoms with Gasteiger partial charge in [-0.3, -0.25) is 0 Å². The lowest BCUT2D eigenvalue weighted by molar-refractivity contribution is 0.0954. The normalized spacial score (nSPS) is 19.4. The van der Waals surface area contributed by atoms with Crippen LogP contribution in [0.3, 0.4) is 0 Å². The van der Waals surface area contributed by atoms with E-state index >= 15 is 0 Å². The Morgan fingerprint density at radius 2 is 2.36 bits per heavy atom. The Morgan fingerprint density at radius 3 is 3.07 bits per heavy atom. The predicted molar refractivity (Wildman–Crippen MR) is 51.8 cm³/mol. The lowest BCUT2D eigenvalue weighted by Gasteiger charge is -2.26. The van der Waals surface area contributed by atoms with Crippen LogP contribution in [-0.2, 0) is 0 Å². The summed E-state index contributed by atoms with van der Waals surface area (Å²) in [4.78, 5) is 0. The standard InChI is InChI=1S/C10H13NO3/c1-6-8(12)2-3-9-10(6)14-7(4-11)5-13-9/h2-3,7,12H,4-5,11H2,1H3. The average Bonchev–Trinajstić information content (AvgIpc) is 2.23. The van der Waals surface area contributed by atoms with E-state index in [9.17, 15) is 5.11 Å². The molecule has 0 amide bonds. The number of benzene rings is 1. The van der Waals surface area contributed by atoms with Crippen molar-refractivity contribution in [2.45, 2.75) is 13.0 Å². The fourth-order valence-corrected chi connectivity index (χ4v) is 1.42. The molecule has 0 fully saturated rings. The monoisotopic (exact) mass is 195 g/mol. The van der Waals surface area contributed by atoms with Gasteiger partial charge >= 0.3 is 0 Å². The third kappa shape index (κ3) is 1.37. The molecule has 76 valence electrons. The fourth-order valence-electron chi connectivity index (χ4n) is 1.42. The Morgan fingerprint density at radius 1 is 1.57 bits per heavy atom. The minimum absolute atomic E-state index is 0.122. The van der Waals surface area contributed by atoms with Gasteiger partial charge in [0.05, 0.1) is 0 Å². The van der Waals surface area contributed by atoms with Crippen LogP contribution in [0.15, 0.2) is 12.1 Å². The van der Waals surface area contributed by atoms with Gasteiger partial charge in [-0.15, -0.1) is 0 Å². The highest BCUT2D eigenvalue weighted by molar-refractivity contribution is 5.53. The van der Waals surface area contributed by atoms with Crippen molar-refractivity contribution in [3.05, 3.63) is 17.7 Å². The zero-order valence-electron chi connectivity index (χ0n) is 7.99. The van der Waals surface area contributed by atoms with Gasteiger partial charge in [-0.25, -0.2) is 0 Å². The zero-order chi connectivity index (χ0) is 10.1. The van der Waals surface area contributed by atoms with E-state index in [1.165, 1.54) is 0 Å². The van der Waals surface area contributed by atoms with Gasteiger partial charge in [0.1, 0.15) is 18.5 Å². The fraction of sp³-hybridized carbons (Fsp3) is 0.400. The summed E-state index contributed by atoms with van der Waals surface area (Å²) in [5.74, 6) is 1.49. The number of hydrogen-bond acceptors (Lipinski definition) is 4. The van der Waals surface area contributed by atoms with Crippen molar-refractivity contribution in [1.82, 2.24) is 0 Å². The van der Waals surface area contributed by atoms with Crippen molar-refractivity contribution in [3.8, 4) is 17.2 Å². The van der Waals surface area contributed by atoms with E-state index in [1.54, 1.807) is 19.1 Å². The molecule has 1 heterocycles. The summed E-state index contributed by atoms with van der Waals surface area (Å²) in [6.45, 7) is 2.67. The summed E-state index contributed by atoms with van der Waals surface area (Å²) in [6, 6.07) is 3.30. The third-order valence-electron chi connectivity index (χ3n) is 2.31. The van der Waals surface area contributed by atoms with Crippen molar-refractivity contribution < 1.29 is 14.6 Å². The first-order valence-corrected chi connectivity index (χ1v) is 4.54. The van der Waals surface area contributed by atoms with Crippen molar-refractivity contribution >= 4 is 0 Å². The van der Waals surface area contributed by atoms with Crippen LogP contribution in [0.25, 0.3) is 0 Å². The van der Waals surface area contributed by atoms with Crippen LogP contribution in [0.5, 0.6) is 17.2 Å². The molecule has 1 aromatic rings. The first kappa shape index (κ1) is 9.15. The Balaban J connectivity index is 2.38. The SMILES string of the molecule is Cc1c(O)ccc2c1OC(CN)CO2. The van der Waals surface area contributed by atoms with Crippen LogP contribution in [0.2, 0.25) is 0 Å². The van der Waals surface area contributed by atoms with Crippen LogP contribution in [-0.4, -0.2) is 24.4 Å². The number of aromatic hydroxyl groups is 1. The molecule has 0 spiro atoms.